The normalized spacial score (nSPS) is 10.6. The van der Waals surface area contributed by atoms with E-state index in [0.29, 0.717) is 17.9 Å². The minimum absolute atomic E-state index is 0.0546. The molecule has 1 aromatic carbocycles. The zero-order valence-electron chi connectivity index (χ0n) is 14.1. The highest BCUT2D eigenvalue weighted by Gasteiger charge is 2.17. The molecule has 0 aliphatic carbocycles. The zero-order valence-corrected chi connectivity index (χ0v) is 14.1. The summed E-state index contributed by atoms with van der Waals surface area (Å²) in [5, 5.41) is 1.11. The number of hydrogen-bond donors (Lipinski definition) is 0. The highest BCUT2D eigenvalue weighted by molar-refractivity contribution is 5.98. The third-order valence-corrected chi connectivity index (χ3v) is 3.91. The number of pyridine rings is 2. The molecule has 0 saturated heterocycles. The summed E-state index contributed by atoms with van der Waals surface area (Å²) in [5.41, 5.74) is 2.67. The fourth-order valence-corrected chi connectivity index (χ4v) is 2.73. The van der Waals surface area contributed by atoms with Gasteiger partial charge in [0.25, 0.3) is 5.91 Å². The molecular weight excluding hydrogens is 300 g/mol. The van der Waals surface area contributed by atoms with E-state index in [1.807, 2.05) is 42.3 Å². The van der Waals surface area contributed by atoms with Crippen LogP contribution in [0.25, 0.3) is 10.9 Å². The molecule has 0 unspecified atom stereocenters. The van der Waals surface area contributed by atoms with Gasteiger partial charge in [0.05, 0.1) is 11.1 Å². The molecule has 0 spiro atoms. The molecule has 0 N–H and O–H groups in total. The van der Waals surface area contributed by atoms with Gasteiger partial charge in [-0.05, 0) is 23.8 Å². The number of amides is 1. The van der Waals surface area contributed by atoms with Gasteiger partial charge in [0.2, 0.25) is 0 Å². The van der Waals surface area contributed by atoms with E-state index in [4.69, 9.17) is 0 Å². The maximum Gasteiger partial charge on any atom is 0.257 e. The lowest BCUT2D eigenvalue weighted by Crippen LogP contribution is -2.26. The van der Waals surface area contributed by atoms with E-state index >= 15 is 0 Å². The van der Waals surface area contributed by atoms with Crippen LogP contribution in [-0.4, -0.2) is 41.9 Å². The summed E-state index contributed by atoms with van der Waals surface area (Å²) >= 11 is 0. The molecule has 3 rings (SSSR count). The maximum absolute atomic E-state index is 12.4. The highest BCUT2D eigenvalue weighted by Crippen LogP contribution is 2.22. The van der Waals surface area contributed by atoms with Crippen LogP contribution in [0.1, 0.15) is 15.9 Å². The Kier molecular flexibility index (Phi) is 4.42. The molecule has 0 aliphatic heterocycles. The zero-order chi connectivity index (χ0) is 17.1. The second-order valence-electron chi connectivity index (χ2n) is 5.92. The lowest BCUT2D eigenvalue weighted by Gasteiger charge is -2.22. The third kappa shape index (κ3) is 3.06. The Hall–Kier alpha value is -2.95. The Bertz CT molecular complexity index is 871. The topological polar surface area (TPSA) is 49.3 Å². The number of benzene rings is 1. The van der Waals surface area contributed by atoms with Gasteiger partial charge in [-0.2, -0.15) is 0 Å². The van der Waals surface area contributed by atoms with Crippen LogP contribution in [0.2, 0.25) is 0 Å². The van der Waals surface area contributed by atoms with E-state index in [2.05, 4.69) is 16.0 Å². The van der Waals surface area contributed by atoms with E-state index in [1.165, 1.54) is 0 Å². The van der Waals surface area contributed by atoms with E-state index in [-0.39, 0.29) is 5.91 Å². The van der Waals surface area contributed by atoms with Gasteiger partial charge in [-0.25, -0.2) is 4.98 Å². The second-order valence-corrected chi connectivity index (χ2v) is 5.92. The number of hydrogen-bond acceptors (Lipinski definition) is 4. The summed E-state index contributed by atoms with van der Waals surface area (Å²) in [5.74, 6) is 0.616. The number of carbonyl (C=O) groups excluding carboxylic acids is 1. The van der Waals surface area contributed by atoms with Crippen molar-refractivity contribution in [1.29, 1.82) is 0 Å². The first kappa shape index (κ1) is 15.9. The van der Waals surface area contributed by atoms with Crippen LogP contribution >= 0.6 is 0 Å². The van der Waals surface area contributed by atoms with E-state index in [1.54, 1.807) is 37.5 Å². The molecule has 0 bridgehead atoms. The third-order valence-electron chi connectivity index (χ3n) is 3.91. The molecule has 0 radical (unpaired) electrons. The minimum Gasteiger partial charge on any atom is -0.355 e. The molecule has 122 valence electrons. The quantitative estimate of drug-likeness (QED) is 0.741. The van der Waals surface area contributed by atoms with E-state index in [0.717, 1.165) is 16.5 Å². The average Bonchev–Trinajstić information content (AvgIpc) is 2.61. The summed E-state index contributed by atoms with van der Waals surface area (Å²) in [6, 6.07) is 13.7. The van der Waals surface area contributed by atoms with Crippen molar-refractivity contribution in [3.8, 4) is 0 Å². The molecule has 0 aliphatic rings. The van der Waals surface area contributed by atoms with Crippen molar-refractivity contribution in [2.24, 2.45) is 0 Å². The lowest BCUT2D eigenvalue weighted by atomic mass is 10.1. The predicted molar refractivity (Wildman–Crippen MR) is 96.1 cm³/mol. The number of aromatic nitrogens is 2. The molecule has 2 aromatic heterocycles. The van der Waals surface area contributed by atoms with Crippen molar-refractivity contribution in [3.05, 3.63) is 66.0 Å². The standard InChI is InChI=1S/C19H20N4O/c1-22(2)19(24)16-10-6-12-21-18(16)23(3)13-15-8-4-7-14-9-5-11-20-17(14)15/h4-12H,13H2,1-3H3. The van der Waals surface area contributed by atoms with Gasteiger partial charge in [-0.1, -0.05) is 24.3 Å². The summed E-state index contributed by atoms with van der Waals surface area (Å²) in [7, 11) is 5.43. The Morgan fingerprint density at radius 1 is 0.958 bits per heavy atom. The van der Waals surface area contributed by atoms with E-state index in [9.17, 15) is 4.79 Å². The first-order valence-electron chi connectivity index (χ1n) is 7.78. The lowest BCUT2D eigenvalue weighted by molar-refractivity contribution is 0.0828. The Labute approximate surface area is 141 Å². The highest BCUT2D eigenvalue weighted by atomic mass is 16.2. The van der Waals surface area contributed by atoms with Crippen molar-refractivity contribution >= 4 is 22.6 Å². The fourth-order valence-electron chi connectivity index (χ4n) is 2.73. The van der Waals surface area contributed by atoms with Crippen LogP contribution in [0.15, 0.2) is 54.9 Å². The Morgan fingerprint density at radius 3 is 2.46 bits per heavy atom. The summed E-state index contributed by atoms with van der Waals surface area (Å²) in [6.45, 7) is 0.624. The van der Waals surface area contributed by atoms with Gasteiger partial charge in [0, 0.05) is 45.5 Å². The molecule has 1 amide bonds. The molecular formula is C19H20N4O. The summed E-state index contributed by atoms with van der Waals surface area (Å²) in [6.07, 6.45) is 3.51. The smallest absolute Gasteiger partial charge is 0.257 e. The number of para-hydroxylation sites is 1. The molecule has 5 nitrogen and oxygen atoms in total. The predicted octanol–water partition coefficient (Wildman–Crippen LogP) is 2.97. The molecule has 24 heavy (non-hydrogen) atoms. The largest absolute Gasteiger partial charge is 0.355 e. The monoisotopic (exact) mass is 320 g/mol. The molecule has 3 aromatic rings. The van der Waals surface area contributed by atoms with Gasteiger partial charge in [-0.3, -0.25) is 9.78 Å². The van der Waals surface area contributed by atoms with Gasteiger partial charge < -0.3 is 9.80 Å². The van der Waals surface area contributed by atoms with Crippen LogP contribution in [0, 0.1) is 0 Å². The average molecular weight is 320 g/mol. The van der Waals surface area contributed by atoms with Crippen LogP contribution in [0.3, 0.4) is 0 Å². The first-order valence-corrected chi connectivity index (χ1v) is 7.78. The van der Waals surface area contributed by atoms with Gasteiger partial charge in [0.1, 0.15) is 5.82 Å². The van der Waals surface area contributed by atoms with Gasteiger partial charge in [-0.15, -0.1) is 0 Å². The first-order chi connectivity index (χ1) is 11.6. The molecule has 5 heteroatoms. The number of carbonyl (C=O) groups is 1. The SMILES string of the molecule is CN(C)C(=O)c1cccnc1N(C)Cc1cccc2cccnc12. The molecule has 0 saturated carbocycles. The van der Waals surface area contributed by atoms with Crippen molar-refractivity contribution in [2.45, 2.75) is 6.54 Å². The van der Waals surface area contributed by atoms with Crippen molar-refractivity contribution in [1.82, 2.24) is 14.9 Å². The van der Waals surface area contributed by atoms with Crippen molar-refractivity contribution < 1.29 is 4.79 Å². The second kappa shape index (κ2) is 6.66. The number of fused-ring (bicyclic) bond motifs is 1. The Morgan fingerprint density at radius 2 is 1.67 bits per heavy atom. The summed E-state index contributed by atoms with van der Waals surface area (Å²) in [4.78, 5) is 24.8. The van der Waals surface area contributed by atoms with Crippen LogP contribution in [-0.2, 0) is 6.54 Å². The molecule has 0 atom stereocenters. The molecule has 0 fully saturated rings. The summed E-state index contributed by atoms with van der Waals surface area (Å²) < 4.78 is 0. The molecule has 2 heterocycles. The number of nitrogens with zero attached hydrogens (tertiary/aromatic N) is 4. The Balaban J connectivity index is 1.96. The fraction of sp³-hybridized carbons (Fsp3) is 0.211. The maximum atomic E-state index is 12.4. The van der Waals surface area contributed by atoms with Crippen LogP contribution in [0.5, 0.6) is 0 Å². The van der Waals surface area contributed by atoms with Crippen LogP contribution < -0.4 is 4.90 Å². The minimum atomic E-state index is -0.0546. The van der Waals surface area contributed by atoms with Gasteiger partial charge in [0.15, 0.2) is 0 Å². The number of anilines is 1. The van der Waals surface area contributed by atoms with Crippen molar-refractivity contribution in [3.63, 3.8) is 0 Å². The van der Waals surface area contributed by atoms with Crippen LogP contribution in [0.4, 0.5) is 5.82 Å². The van der Waals surface area contributed by atoms with Gasteiger partial charge >= 0.3 is 0 Å². The van der Waals surface area contributed by atoms with Crippen molar-refractivity contribution in [2.75, 3.05) is 26.0 Å². The van der Waals surface area contributed by atoms with E-state index < -0.39 is 0 Å². The number of rotatable bonds is 4.